The van der Waals surface area contributed by atoms with Crippen LogP contribution in [0.25, 0.3) is 22.2 Å². The SMILES string of the molecule is CCc1cc2ncc(C#Cc3cnn(C)c3)n2c(=O)n1-c1ccccc1.NC(=O)c1c(N)ncc2cccnc12. The topological polar surface area (TPSA) is 152 Å². The number of nitrogen functional groups attached to an aromatic ring is 1. The van der Waals surface area contributed by atoms with Crippen LogP contribution < -0.4 is 17.2 Å². The number of primary amides is 1. The van der Waals surface area contributed by atoms with E-state index in [0.29, 0.717) is 16.9 Å². The van der Waals surface area contributed by atoms with Crippen molar-refractivity contribution in [3.05, 3.63) is 113 Å². The van der Waals surface area contributed by atoms with Gasteiger partial charge in [0.25, 0.3) is 5.91 Å². The van der Waals surface area contributed by atoms with Crippen molar-refractivity contribution in [1.29, 1.82) is 0 Å². The fourth-order valence-electron chi connectivity index (χ4n) is 4.23. The van der Waals surface area contributed by atoms with Crippen molar-refractivity contribution in [2.45, 2.75) is 13.3 Å². The van der Waals surface area contributed by atoms with E-state index in [4.69, 9.17) is 11.5 Å². The van der Waals surface area contributed by atoms with Gasteiger partial charge in [0, 0.05) is 42.8 Å². The number of hydrogen-bond donors (Lipinski definition) is 2. The first-order valence-electron chi connectivity index (χ1n) is 12.3. The molecule has 0 spiro atoms. The van der Waals surface area contributed by atoms with Gasteiger partial charge >= 0.3 is 5.69 Å². The van der Waals surface area contributed by atoms with Gasteiger partial charge in [-0.3, -0.25) is 19.0 Å². The molecule has 11 nitrogen and oxygen atoms in total. The van der Waals surface area contributed by atoms with E-state index in [1.165, 1.54) is 0 Å². The lowest BCUT2D eigenvalue weighted by Crippen LogP contribution is -2.28. The molecule has 0 unspecified atom stereocenters. The van der Waals surface area contributed by atoms with E-state index in [0.717, 1.165) is 28.8 Å². The molecule has 6 rings (SSSR count). The van der Waals surface area contributed by atoms with E-state index >= 15 is 0 Å². The highest BCUT2D eigenvalue weighted by Crippen LogP contribution is 2.19. The highest BCUT2D eigenvalue weighted by Gasteiger charge is 2.14. The van der Waals surface area contributed by atoms with Gasteiger partial charge < -0.3 is 11.5 Å². The van der Waals surface area contributed by atoms with Gasteiger partial charge in [-0.25, -0.2) is 19.2 Å². The Bertz CT molecular complexity index is 1980. The molecule has 0 saturated heterocycles. The molecule has 0 saturated carbocycles. The number of hydrogen-bond acceptors (Lipinski definition) is 7. The standard InChI is InChI=1S/C20H17N5O.C9H8N4O/c1-3-16-11-19-21-13-18(10-9-15-12-22-23(2)14-15)25(19)20(26)24(16)17-7-5-4-6-8-17;10-8-6(9(11)14)7-5(4-13-8)2-1-3-12-7/h4-8,11-14H,3H2,1-2H3;1-4H,(H2,10,13)(H2,11,14). The van der Waals surface area contributed by atoms with Crippen molar-refractivity contribution < 1.29 is 4.79 Å². The summed E-state index contributed by atoms with van der Waals surface area (Å²) in [5.74, 6) is 5.57. The van der Waals surface area contributed by atoms with Crippen LogP contribution in [0.5, 0.6) is 0 Å². The predicted octanol–water partition coefficient (Wildman–Crippen LogP) is 2.49. The number of nitrogens with zero attached hydrogens (tertiary/aromatic N) is 7. The summed E-state index contributed by atoms with van der Waals surface area (Å²) in [6.07, 6.45) is 9.01. The highest BCUT2D eigenvalue weighted by atomic mass is 16.1. The van der Waals surface area contributed by atoms with Gasteiger partial charge in [0.2, 0.25) is 0 Å². The minimum absolute atomic E-state index is 0.115. The number of anilines is 1. The third-order valence-electron chi connectivity index (χ3n) is 6.09. The smallest absolute Gasteiger partial charge is 0.339 e. The Morgan fingerprint density at radius 2 is 1.80 bits per heavy atom. The van der Waals surface area contributed by atoms with Crippen molar-refractivity contribution in [3.8, 4) is 17.5 Å². The number of para-hydroxylation sites is 1. The molecule has 198 valence electrons. The lowest BCUT2D eigenvalue weighted by atomic mass is 10.1. The highest BCUT2D eigenvalue weighted by molar-refractivity contribution is 6.08. The summed E-state index contributed by atoms with van der Waals surface area (Å²) in [5.41, 5.74) is 14.9. The summed E-state index contributed by atoms with van der Waals surface area (Å²) in [7, 11) is 1.84. The number of aromatic nitrogens is 7. The first-order valence-corrected chi connectivity index (χ1v) is 12.3. The van der Waals surface area contributed by atoms with Gasteiger partial charge in [0.15, 0.2) is 0 Å². The molecular formula is C29H25N9O2. The summed E-state index contributed by atoms with van der Waals surface area (Å²) in [5, 5.41) is 4.84. The van der Waals surface area contributed by atoms with Crippen molar-refractivity contribution in [2.75, 3.05) is 5.73 Å². The van der Waals surface area contributed by atoms with Gasteiger partial charge in [-0.1, -0.05) is 31.0 Å². The average Bonchev–Trinajstić information content (AvgIpc) is 3.57. The minimum atomic E-state index is -0.612. The first-order chi connectivity index (χ1) is 19.4. The second kappa shape index (κ2) is 10.9. The van der Waals surface area contributed by atoms with E-state index < -0.39 is 5.91 Å². The van der Waals surface area contributed by atoms with Crippen LogP contribution in [0.1, 0.15) is 34.2 Å². The van der Waals surface area contributed by atoms with Crippen LogP contribution in [0.2, 0.25) is 0 Å². The van der Waals surface area contributed by atoms with Crippen molar-refractivity contribution in [1.82, 2.24) is 33.7 Å². The van der Waals surface area contributed by atoms with Gasteiger partial charge in [0.1, 0.15) is 22.7 Å². The zero-order valence-corrected chi connectivity index (χ0v) is 21.8. The number of benzene rings is 1. The maximum Gasteiger partial charge on any atom is 0.339 e. The monoisotopic (exact) mass is 531 g/mol. The minimum Gasteiger partial charge on any atom is -0.383 e. The average molecular weight is 532 g/mol. The molecule has 1 amide bonds. The number of imidazole rings is 1. The van der Waals surface area contributed by atoms with Gasteiger partial charge in [-0.05, 0) is 36.6 Å². The van der Waals surface area contributed by atoms with Gasteiger partial charge in [-0.2, -0.15) is 5.10 Å². The molecule has 0 atom stereocenters. The van der Waals surface area contributed by atoms with Crippen molar-refractivity contribution in [3.63, 3.8) is 0 Å². The maximum atomic E-state index is 13.2. The van der Waals surface area contributed by atoms with Crippen molar-refractivity contribution in [2.24, 2.45) is 12.8 Å². The van der Waals surface area contributed by atoms with E-state index in [-0.39, 0.29) is 17.1 Å². The second-order valence-electron chi connectivity index (χ2n) is 8.76. The Labute approximate surface area is 228 Å². The van der Waals surface area contributed by atoms with Crippen LogP contribution >= 0.6 is 0 Å². The zero-order valence-electron chi connectivity index (χ0n) is 21.8. The second-order valence-corrected chi connectivity index (χ2v) is 8.76. The first kappa shape index (κ1) is 25.9. The van der Waals surface area contributed by atoms with Crippen LogP contribution in [-0.2, 0) is 13.5 Å². The fraction of sp³-hybridized carbons (Fsp3) is 0.103. The number of rotatable bonds is 3. The molecule has 0 aliphatic rings. The van der Waals surface area contributed by atoms with E-state index in [1.807, 2.05) is 56.6 Å². The maximum absolute atomic E-state index is 13.2. The van der Waals surface area contributed by atoms with Gasteiger partial charge in [0.05, 0.1) is 29.2 Å². The summed E-state index contributed by atoms with van der Waals surface area (Å²) < 4.78 is 4.95. The molecule has 5 heterocycles. The molecule has 0 aliphatic heterocycles. The lowest BCUT2D eigenvalue weighted by molar-refractivity contribution is 0.100. The molecule has 0 radical (unpaired) electrons. The number of pyridine rings is 2. The molecule has 0 fully saturated rings. The zero-order chi connectivity index (χ0) is 28.2. The van der Waals surface area contributed by atoms with E-state index in [9.17, 15) is 9.59 Å². The molecule has 1 aromatic carbocycles. The van der Waals surface area contributed by atoms with Crippen LogP contribution in [0.4, 0.5) is 5.82 Å². The quantitative estimate of drug-likeness (QED) is 0.333. The Hall–Kier alpha value is -5.76. The van der Waals surface area contributed by atoms with Crippen LogP contribution in [0.3, 0.4) is 0 Å². The number of amides is 1. The number of carbonyl (C=O) groups is 1. The predicted molar refractivity (Wildman–Crippen MR) is 152 cm³/mol. The molecule has 5 aromatic heterocycles. The van der Waals surface area contributed by atoms with Crippen LogP contribution in [0, 0.1) is 11.8 Å². The molecule has 0 bridgehead atoms. The molecular weight excluding hydrogens is 506 g/mol. The fourth-order valence-corrected chi connectivity index (χ4v) is 4.23. The van der Waals surface area contributed by atoms with Crippen LogP contribution in [0.15, 0.2) is 84.3 Å². The normalized spacial score (nSPS) is 10.6. The van der Waals surface area contributed by atoms with Gasteiger partial charge in [-0.15, -0.1) is 0 Å². The largest absolute Gasteiger partial charge is 0.383 e. The number of aryl methyl sites for hydroxylation is 2. The van der Waals surface area contributed by atoms with E-state index in [2.05, 4.69) is 31.9 Å². The third kappa shape index (κ3) is 5.01. The summed E-state index contributed by atoms with van der Waals surface area (Å²) in [6, 6.07) is 15.1. The molecule has 11 heteroatoms. The number of nitrogens with two attached hydrogens (primary N) is 2. The summed E-state index contributed by atoms with van der Waals surface area (Å²) in [4.78, 5) is 36.6. The van der Waals surface area contributed by atoms with Crippen LogP contribution in [-0.4, -0.2) is 39.6 Å². The Morgan fingerprint density at radius 1 is 1.00 bits per heavy atom. The summed E-state index contributed by atoms with van der Waals surface area (Å²) in [6.45, 7) is 2.02. The number of carbonyl (C=O) groups excluding carboxylic acids is 1. The Kier molecular flexibility index (Phi) is 7.07. The molecule has 0 aliphatic carbocycles. The lowest BCUT2D eigenvalue weighted by Gasteiger charge is -2.12. The Morgan fingerprint density at radius 3 is 2.50 bits per heavy atom. The third-order valence-corrected chi connectivity index (χ3v) is 6.09. The van der Waals surface area contributed by atoms with Crippen molar-refractivity contribution >= 4 is 28.3 Å². The van der Waals surface area contributed by atoms with E-state index in [1.54, 1.807) is 50.6 Å². The molecule has 40 heavy (non-hydrogen) atoms. The number of fused-ring (bicyclic) bond motifs is 2. The molecule has 6 aromatic rings. The Balaban J connectivity index is 0.000000194. The molecule has 4 N–H and O–H groups in total. The summed E-state index contributed by atoms with van der Waals surface area (Å²) >= 11 is 0.